The van der Waals surface area contributed by atoms with E-state index in [1.165, 1.54) is 4.68 Å². The van der Waals surface area contributed by atoms with Crippen LogP contribution in [0.5, 0.6) is 5.75 Å². The number of anilines is 1. The summed E-state index contributed by atoms with van der Waals surface area (Å²) in [6.45, 7) is 10.1. The number of nitrogens with one attached hydrogen (secondary N) is 1. The maximum atomic E-state index is 12.6. The van der Waals surface area contributed by atoms with Crippen LogP contribution in [0.2, 0.25) is 0 Å². The third-order valence-corrected chi connectivity index (χ3v) is 3.72. The van der Waals surface area contributed by atoms with Crippen molar-refractivity contribution in [3.05, 3.63) is 46.1 Å². The molecule has 0 aliphatic heterocycles. The Hall–Kier alpha value is -2.70. The lowest BCUT2D eigenvalue weighted by atomic mass is 10.1. The fraction of sp³-hybridized carbons (Fsp3) is 0.474. The fourth-order valence-electron chi connectivity index (χ4n) is 2.39. The molecule has 26 heavy (non-hydrogen) atoms. The van der Waals surface area contributed by atoms with Gasteiger partial charge in [0.05, 0.1) is 12.2 Å². The average molecular weight is 358 g/mol. The van der Waals surface area contributed by atoms with Gasteiger partial charge in [-0.25, -0.2) is 4.68 Å². The first-order chi connectivity index (χ1) is 12.3. The van der Waals surface area contributed by atoms with Gasteiger partial charge in [-0.1, -0.05) is 27.7 Å². The van der Waals surface area contributed by atoms with Crippen molar-refractivity contribution in [2.75, 3.05) is 11.9 Å². The normalized spacial score (nSPS) is 11.0. The predicted molar refractivity (Wildman–Crippen MR) is 101 cm³/mol. The summed E-state index contributed by atoms with van der Waals surface area (Å²) in [4.78, 5) is 28.8. The number of hydrogen-bond donors (Lipinski definition) is 1. The van der Waals surface area contributed by atoms with Crippen LogP contribution in [0.1, 0.15) is 44.9 Å². The van der Waals surface area contributed by atoms with E-state index in [0.29, 0.717) is 35.2 Å². The Morgan fingerprint density at radius 3 is 2.46 bits per heavy atom. The fourth-order valence-corrected chi connectivity index (χ4v) is 2.39. The molecular formula is C19H26N4O3. The molecule has 0 aliphatic carbocycles. The van der Waals surface area contributed by atoms with Gasteiger partial charge in [-0.05, 0) is 25.0 Å². The van der Waals surface area contributed by atoms with Crippen LogP contribution in [0.3, 0.4) is 0 Å². The van der Waals surface area contributed by atoms with E-state index in [1.807, 2.05) is 27.7 Å². The third-order valence-electron chi connectivity index (χ3n) is 3.72. The second-order valence-electron chi connectivity index (χ2n) is 6.95. The Morgan fingerprint density at radius 2 is 1.88 bits per heavy atom. The molecule has 2 rings (SSSR count). The van der Waals surface area contributed by atoms with Gasteiger partial charge in [0.25, 0.3) is 5.56 Å². The molecule has 0 atom stereocenters. The highest BCUT2D eigenvalue weighted by molar-refractivity contribution is 5.90. The molecule has 0 unspecified atom stereocenters. The third kappa shape index (κ3) is 4.91. The number of nitrogens with zero attached hydrogens (tertiary/aromatic N) is 3. The maximum absolute atomic E-state index is 12.6. The number of pyridine rings is 1. The molecule has 1 N–H and O–H groups in total. The molecule has 2 aromatic heterocycles. The first-order valence-electron chi connectivity index (χ1n) is 8.73. The van der Waals surface area contributed by atoms with Crippen LogP contribution in [-0.2, 0) is 11.3 Å². The first-order valence-corrected chi connectivity index (χ1v) is 8.73. The summed E-state index contributed by atoms with van der Waals surface area (Å²) in [5, 5.41) is 7.13. The monoisotopic (exact) mass is 358 g/mol. The molecule has 0 radical (unpaired) electrons. The number of amides is 1. The van der Waals surface area contributed by atoms with Crippen molar-refractivity contribution in [1.29, 1.82) is 0 Å². The molecule has 0 saturated carbocycles. The topological polar surface area (TPSA) is 86.1 Å². The van der Waals surface area contributed by atoms with Gasteiger partial charge in [-0.2, -0.15) is 5.10 Å². The van der Waals surface area contributed by atoms with E-state index in [4.69, 9.17) is 4.74 Å². The highest BCUT2D eigenvalue weighted by atomic mass is 16.5. The number of hydrogen-bond acceptors (Lipinski definition) is 5. The Labute approximate surface area is 153 Å². The van der Waals surface area contributed by atoms with Crippen LogP contribution in [0.4, 0.5) is 5.69 Å². The van der Waals surface area contributed by atoms with E-state index >= 15 is 0 Å². The molecule has 7 heteroatoms. The zero-order chi connectivity index (χ0) is 19.3. The summed E-state index contributed by atoms with van der Waals surface area (Å²) in [5.74, 6) is 0.606. The lowest BCUT2D eigenvalue weighted by molar-refractivity contribution is -0.117. The van der Waals surface area contributed by atoms with Crippen molar-refractivity contribution in [3.63, 3.8) is 0 Å². The lowest BCUT2D eigenvalue weighted by Gasteiger charge is -2.18. The molecular weight excluding hydrogens is 332 g/mol. The van der Waals surface area contributed by atoms with Gasteiger partial charge >= 0.3 is 0 Å². The Kier molecular flexibility index (Phi) is 6.49. The van der Waals surface area contributed by atoms with Gasteiger partial charge < -0.3 is 10.1 Å². The van der Waals surface area contributed by atoms with Crippen molar-refractivity contribution in [3.8, 4) is 5.75 Å². The summed E-state index contributed by atoms with van der Waals surface area (Å²) < 4.78 is 7.04. The largest absolute Gasteiger partial charge is 0.491 e. The second kappa shape index (κ2) is 8.60. The van der Waals surface area contributed by atoms with Gasteiger partial charge in [-0.15, -0.1) is 0 Å². The Morgan fingerprint density at radius 1 is 1.23 bits per heavy atom. The number of carbonyl (C=O) groups is 1. The molecule has 0 spiro atoms. The minimum atomic E-state index is -0.323. The van der Waals surface area contributed by atoms with Crippen molar-refractivity contribution in [2.24, 2.45) is 5.92 Å². The molecule has 140 valence electrons. The minimum Gasteiger partial charge on any atom is -0.491 e. The quantitative estimate of drug-likeness (QED) is 0.822. The molecule has 0 bridgehead atoms. The van der Waals surface area contributed by atoms with E-state index in [2.05, 4.69) is 15.4 Å². The van der Waals surface area contributed by atoms with E-state index in [0.717, 1.165) is 0 Å². The number of aromatic nitrogens is 3. The highest BCUT2D eigenvalue weighted by Crippen LogP contribution is 2.26. The van der Waals surface area contributed by atoms with Crippen LogP contribution in [0.25, 0.3) is 0 Å². The maximum Gasteiger partial charge on any atom is 0.273 e. The molecule has 0 fully saturated rings. The number of carbonyl (C=O) groups excluding carboxylic acids is 1. The van der Waals surface area contributed by atoms with E-state index in [9.17, 15) is 9.59 Å². The molecule has 2 heterocycles. The zero-order valence-electron chi connectivity index (χ0n) is 15.9. The van der Waals surface area contributed by atoms with Crippen molar-refractivity contribution >= 4 is 11.6 Å². The van der Waals surface area contributed by atoms with Crippen LogP contribution in [0.15, 0.2) is 29.3 Å². The molecule has 7 nitrogen and oxygen atoms in total. The first kappa shape index (κ1) is 19.6. The van der Waals surface area contributed by atoms with Gasteiger partial charge in [-0.3, -0.25) is 14.6 Å². The second-order valence-corrected chi connectivity index (χ2v) is 6.95. The predicted octanol–water partition coefficient (Wildman–Crippen LogP) is 2.74. The SMILES string of the molecule is Cc1c(OCC(C)C)c(C(C)C)nn(CC(=O)Nc2ccncc2)c1=O. The number of ether oxygens (including phenoxy) is 1. The zero-order valence-corrected chi connectivity index (χ0v) is 15.9. The van der Waals surface area contributed by atoms with Crippen LogP contribution in [0, 0.1) is 12.8 Å². The van der Waals surface area contributed by atoms with Gasteiger partial charge in [0.2, 0.25) is 5.91 Å². The minimum absolute atomic E-state index is 0.0611. The Bertz CT molecular complexity index is 814. The summed E-state index contributed by atoms with van der Waals surface area (Å²) in [5.41, 5.74) is 1.45. The van der Waals surface area contributed by atoms with Crippen LogP contribution in [-0.4, -0.2) is 27.3 Å². The van der Waals surface area contributed by atoms with Gasteiger partial charge in [0.15, 0.2) is 5.75 Å². The summed E-state index contributed by atoms with van der Waals surface area (Å²) in [6.07, 6.45) is 3.17. The van der Waals surface area contributed by atoms with E-state index in [1.54, 1.807) is 31.5 Å². The molecule has 0 aliphatic rings. The van der Waals surface area contributed by atoms with Crippen molar-refractivity contribution in [2.45, 2.75) is 47.1 Å². The van der Waals surface area contributed by atoms with Crippen LogP contribution < -0.4 is 15.6 Å². The smallest absolute Gasteiger partial charge is 0.273 e. The number of rotatable bonds is 7. The summed E-state index contributed by atoms with van der Waals surface area (Å²) >= 11 is 0. The molecule has 0 aromatic carbocycles. The lowest BCUT2D eigenvalue weighted by Crippen LogP contribution is -2.32. The van der Waals surface area contributed by atoms with E-state index in [-0.39, 0.29) is 23.9 Å². The highest BCUT2D eigenvalue weighted by Gasteiger charge is 2.19. The van der Waals surface area contributed by atoms with Crippen molar-refractivity contribution < 1.29 is 9.53 Å². The van der Waals surface area contributed by atoms with Crippen molar-refractivity contribution in [1.82, 2.24) is 14.8 Å². The molecule has 1 amide bonds. The van der Waals surface area contributed by atoms with Gasteiger partial charge in [0.1, 0.15) is 12.2 Å². The summed E-state index contributed by atoms with van der Waals surface area (Å²) in [6, 6.07) is 3.36. The Balaban J connectivity index is 2.28. The average Bonchev–Trinajstić information content (AvgIpc) is 2.58. The molecule has 2 aromatic rings. The standard InChI is InChI=1S/C19H26N4O3/c1-12(2)11-26-18-14(5)19(25)23(22-17(18)13(3)4)10-16(24)21-15-6-8-20-9-7-15/h6-9,12-13H,10-11H2,1-5H3,(H,20,21,24). The molecule has 0 saturated heterocycles. The van der Waals surface area contributed by atoms with E-state index < -0.39 is 0 Å². The van der Waals surface area contributed by atoms with Gasteiger partial charge in [0, 0.05) is 24.0 Å². The summed E-state index contributed by atoms with van der Waals surface area (Å²) in [7, 11) is 0. The van der Waals surface area contributed by atoms with Crippen LogP contribution >= 0.6 is 0 Å².